The monoisotopic (exact) mass is 375 g/mol. The molecule has 0 bridgehead atoms. The van der Waals surface area contributed by atoms with E-state index in [0.717, 1.165) is 22.0 Å². The average molecular weight is 376 g/mol. The molecule has 0 saturated heterocycles. The molecule has 125 valence electrons. The molecule has 0 atom stereocenters. The van der Waals surface area contributed by atoms with Crippen molar-refractivity contribution in [3.05, 3.63) is 41.8 Å². The number of sulfonamides is 1. The van der Waals surface area contributed by atoms with Gasteiger partial charge in [-0.25, -0.2) is 8.42 Å². The average Bonchev–Trinajstić information content (AvgIpc) is 2.29. The van der Waals surface area contributed by atoms with Gasteiger partial charge in [0, 0.05) is 7.92 Å². The van der Waals surface area contributed by atoms with Gasteiger partial charge in [0.05, 0.1) is 18.2 Å². The van der Waals surface area contributed by atoms with E-state index in [-0.39, 0.29) is 31.3 Å². The quantitative estimate of drug-likeness (QED) is 0.460. The molecule has 0 aliphatic carbocycles. The van der Waals surface area contributed by atoms with Crippen molar-refractivity contribution < 1.29 is 24.9 Å². The number of benzene rings is 1. The van der Waals surface area contributed by atoms with E-state index >= 15 is 0 Å². The molecule has 21 heavy (non-hydrogen) atoms. The molecule has 1 aromatic carbocycles. The summed E-state index contributed by atoms with van der Waals surface area (Å²) in [4.78, 5) is 0.449. The van der Waals surface area contributed by atoms with Crippen molar-refractivity contribution in [2.24, 2.45) is 0 Å². The summed E-state index contributed by atoms with van der Waals surface area (Å²) >= 11 is 0. The molecular weight excluding hydrogens is 348 g/mol. The Labute approximate surface area is 143 Å². The summed E-state index contributed by atoms with van der Waals surface area (Å²) in [6.07, 6.45) is 0. The van der Waals surface area contributed by atoms with Crippen molar-refractivity contribution in [3.63, 3.8) is 0 Å². The van der Waals surface area contributed by atoms with Crippen LogP contribution in [0.2, 0.25) is 0 Å². The first kappa shape index (κ1) is 26.0. The van der Waals surface area contributed by atoms with Crippen LogP contribution >= 0.6 is 7.92 Å². The van der Waals surface area contributed by atoms with Crippen LogP contribution in [0.1, 0.15) is 22.3 Å². The van der Waals surface area contributed by atoms with Gasteiger partial charge in [0.2, 0.25) is 0 Å². The zero-order chi connectivity index (χ0) is 14.2. The van der Waals surface area contributed by atoms with E-state index in [2.05, 4.69) is 25.0 Å². The number of nitrogens with zero attached hydrogens (tertiary/aromatic N) is 1. The third-order valence-corrected chi connectivity index (χ3v) is 6.94. The van der Waals surface area contributed by atoms with Crippen molar-refractivity contribution >= 4 is 23.2 Å². The number of rotatable bonds is 3. The van der Waals surface area contributed by atoms with Crippen LogP contribution in [0.25, 0.3) is 4.72 Å². The molecule has 0 fully saturated rings. The SMILES string of the molecule is C[N-]S(=O)(=O)c1c(C)c(C)c(C)c(C)c1[PH+](C)C.[CH3-].[CH3-].[Ni+3]. The maximum absolute atomic E-state index is 12.2. The number of hydrogen-bond acceptors (Lipinski definition) is 2. The second-order valence-electron chi connectivity index (χ2n) is 4.86. The second kappa shape index (κ2) is 9.25. The molecule has 0 amide bonds. The Kier molecular flexibility index (Phi) is 11.4. The van der Waals surface area contributed by atoms with Crippen molar-refractivity contribution in [2.75, 3.05) is 20.4 Å². The van der Waals surface area contributed by atoms with Crippen LogP contribution in [0.15, 0.2) is 4.90 Å². The Morgan fingerprint density at radius 2 is 1.24 bits per heavy atom. The molecule has 0 saturated carbocycles. The van der Waals surface area contributed by atoms with Gasteiger partial charge in [-0.15, -0.1) is 0 Å². The van der Waals surface area contributed by atoms with Crippen molar-refractivity contribution in [2.45, 2.75) is 32.6 Å². The maximum atomic E-state index is 12.2. The summed E-state index contributed by atoms with van der Waals surface area (Å²) in [5.41, 5.74) is 4.22. The Hall–Kier alpha value is 0.0535. The molecule has 1 aromatic rings. The standard InChI is InChI=1S/C13H21NO2PS.2CH3.Ni/c1-8-9(2)11(4)13(18(15,16)14-5)12(10(8)3)17(6)7;;;/h1-7H3;2*1H3;/q3*-1;+3/p+1. The van der Waals surface area contributed by atoms with Gasteiger partial charge in [-0.2, -0.15) is 7.05 Å². The molecule has 0 aromatic heterocycles. The van der Waals surface area contributed by atoms with Gasteiger partial charge in [-0.1, -0.05) is 0 Å². The zero-order valence-corrected chi connectivity index (χ0v) is 17.3. The Bertz CT molecular complexity index is 584. The first-order valence-corrected chi connectivity index (χ1v) is 9.86. The van der Waals surface area contributed by atoms with Crippen LogP contribution < -0.4 is 5.30 Å². The minimum absolute atomic E-state index is 0. The molecule has 0 unspecified atom stereocenters. The van der Waals surface area contributed by atoms with Gasteiger partial charge in [0.15, 0.2) is 0 Å². The molecule has 0 N–H and O–H groups in total. The predicted octanol–water partition coefficient (Wildman–Crippen LogP) is 3.61. The Balaban J connectivity index is -0.00000108. The van der Waals surface area contributed by atoms with E-state index in [1.54, 1.807) is 0 Å². The summed E-state index contributed by atoms with van der Waals surface area (Å²) in [5, 5.41) is 1.01. The molecular formula is C15H28NNiO2PS+. The van der Waals surface area contributed by atoms with E-state index in [4.69, 9.17) is 0 Å². The fourth-order valence-corrected chi connectivity index (χ4v) is 6.01. The molecule has 0 spiro atoms. The van der Waals surface area contributed by atoms with Crippen molar-refractivity contribution in [3.8, 4) is 0 Å². The third kappa shape index (κ3) is 4.76. The maximum Gasteiger partial charge on any atom is 3.00 e. The molecule has 1 rings (SSSR count). The van der Waals surface area contributed by atoms with Crippen molar-refractivity contribution in [1.82, 2.24) is 0 Å². The molecule has 1 radical (unpaired) electrons. The van der Waals surface area contributed by atoms with Gasteiger partial charge in [0.1, 0.15) is 15.3 Å². The van der Waals surface area contributed by atoms with E-state index in [0.29, 0.717) is 4.90 Å². The first-order valence-electron chi connectivity index (χ1n) is 5.92. The number of hydrogen-bond donors (Lipinski definition) is 0. The van der Waals surface area contributed by atoms with Gasteiger partial charge in [-0.05, 0) is 49.9 Å². The van der Waals surface area contributed by atoms with E-state index in [1.165, 1.54) is 12.6 Å². The van der Waals surface area contributed by atoms with E-state index in [9.17, 15) is 8.42 Å². The second-order valence-corrected chi connectivity index (χ2v) is 9.09. The first-order chi connectivity index (χ1) is 8.15. The van der Waals surface area contributed by atoms with Crippen LogP contribution in [0.4, 0.5) is 0 Å². The molecule has 6 heteroatoms. The largest absolute Gasteiger partial charge is 3.00 e. The smallest absolute Gasteiger partial charge is 0.547 e. The molecule has 0 aliphatic rings. The van der Waals surface area contributed by atoms with Gasteiger partial charge < -0.3 is 19.6 Å². The summed E-state index contributed by atoms with van der Waals surface area (Å²) in [7, 11) is -3.03. The topological polar surface area (TPSA) is 48.2 Å². The fraction of sp³-hybridized carbons (Fsp3) is 0.467. The minimum Gasteiger partial charge on any atom is -0.547 e. The summed E-state index contributed by atoms with van der Waals surface area (Å²) in [6, 6.07) is 0. The minimum atomic E-state index is -3.52. The van der Waals surface area contributed by atoms with Crippen LogP contribution in [-0.4, -0.2) is 28.8 Å². The fourth-order valence-electron chi connectivity index (χ4n) is 2.29. The molecule has 0 aliphatic heterocycles. The van der Waals surface area contributed by atoms with Gasteiger partial charge in [0.25, 0.3) is 0 Å². The van der Waals surface area contributed by atoms with Crippen LogP contribution in [0.5, 0.6) is 0 Å². The summed E-state index contributed by atoms with van der Waals surface area (Å²) < 4.78 is 28.0. The Morgan fingerprint density at radius 3 is 1.57 bits per heavy atom. The van der Waals surface area contributed by atoms with Gasteiger partial charge in [-0.3, -0.25) is 0 Å². The van der Waals surface area contributed by atoms with E-state index in [1.807, 2.05) is 20.8 Å². The molecule has 0 heterocycles. The van der Waals surface area contributed by atoms with Crippen LogP contribution in [0.3, 0.4) is 0 Å². The van der Waals surface area contributed by atoms with Crippen LogP contribution in [-0.2, 0) is 26.5 Å². The van der Waals surface area contributed by atoms with Gasteiger partial charge >= 0.3 is 16.5 Å². The zero-order valence-electron chi connectivity index (χ0n) is 14.5. The normalized spacial score (nSPS) is 10.5. The summed E-state index contributed by atoms with van der Waals surface area (Å²) in [5.74, 6) is 0. The predicted molar refractivity (Wildman–Crippen MR) is 94.5 cm³/mol. The Morgan fingerprint density at radius 1 is 0.857 bits per heavy atom. The van der Waals surface area contributed by atoms with E-state index < -0.39 is 17.9 Å². The van der Waals surface area contributed by atoms with Crippen molar-refractivity contribution in [1.29, 1.82) is 0 Å². The molecule has 3 nitrogen and oxygen atoms in total. The van der Waals surface area contributed by atoms with Crippen LogP contribution in [0, 0.1) is 42.5 Å². The summed E-state index contributed by atoms with van der Waals surface area (Å²) in [6.45, 7) is 12.2. The third-order valence-electron chi connectivity index (χ3n) is 3.63.